The van der Waals surface area contributed by atoms with Gasteiger partial charge in [0.1, 0.15) is 5.75 Å². The minimum atomic E-state index is 0.350. The van der Waals surface area contributed by atoms with Crippen molar-refractivity contribution in [3.05, 3.63) is 34.3 Å². The first-order chi connectivity index (χ1) is 13.1. The summed E-state index contributed by atoms with van der Waals surface area (Å²) in [5, 5.41) is 15.9. The third-order valence-electron chi connectivity index (χ3n) is 4.63. The molecule has 1 aromatic carbocycles. The molecule has 0 saturated carbocycles. The molecule has 2 aromatic heterocycles. The number of nitriles is 1. The number of ether oxygens (including phenoxy) is 1. The molecule has 138 valence electrons. The van der Waals surface area contributed by atoms with Crippen LogP contribution in [0.5, 0.6) is 11.6 Å². The topological polar surface area (TPSA) is 95.8 Å². The molecule has 0 atom stereocenters. The highest BCUT2D eigenvalue weighted by molar-refractivity contribution is 7.16. The van der Waals surface area contributed by atoms with Crippen LogP contribution in [0.1, 0.15) is 29.5 Å². The lowest BCUT2D eigenvalue weighted by molar-refractivity contribution is 0.457. The van der Waals surface area contributed by atoms with Gasteiger partial charge in [-0.2, -0.15) is 15.2 Å². The van der Waals surface area contributed by atoms with E-state index in [0.717, 1.165) is 41.9 Å². The number of hydrogen-bond donors (Lipinski definition) is 2. The summed E-state index contributed by atoms with van der Waals surface area (Å²) < 4.78 is 6.17. The third-order valence-corrected chi connectivity index (χ3v) is 5.35. The van der Waals surface area contributed by atoms with Gasteiger partial charge in [0.15, 0.2) is 10.3 Å². The molecule has 7 nitrogen and oxygen atoms in total. The second-order valence-corrected chi connectivity index (χ2v) is 7.51. The van der Waals surface area contributed by atoms with Crippen LogP contribution in [0.25, 0.3) is 10.3 Å². The molecule has 0 bridgehead atoms. The second-order valence-electron chi connectivity index (χ2n) is 6.68. The van der Waals surface area contributed by atoms with E-state index in [9.17, 15) is 0 Å². The van der Waals surface area contributed by atoms with Crippen molar-refractivity contribution < 1.29 is 4.74 Å². The van der Waals surface area contributed by atoms with E-state index in [0.29, 0.717) is 34.7 Å². The van der Waals surface area contributed by atoms with Crippen LogP contribution in [0.15, 0.2) is 17.6 Å². The van der Waals surface area contributed by atoms with Crippen molar-refractivity contribution in [1.29, 1.82) is 5.26 Å². The van der Waals surface area contributed by atoms with Gasteiger partial charge in [-0.3, -0.25) is 0 Å². The van der Waals surface area contributed by atoms with Gasteiger partial charge in [-0.25, -0.2) is 4.98 Å². The van der Waals surface area contributed by atoms with Gasteiger partial charge in [0, 0.05) is 6.04 Å². The molecule has 1 fully saturated rings. The van der Waals surface area contributed by atoms with Gasteiger partial charge in [0.25, 0.3) is 5.88 Å². The molecule has 1 aliphatic heterocycles. The Morgan fingerprint density at radius 1 is 1.22 bits per heavy atom. The predicted molar refractivity (Wildman–Crippen MR) is 105 cm³/mol. The summed E-state index contributed by atoms with van der Waals surface area (Å²) in [7, 11) is 0. The molecule has 0 spiro atoms. The first kappa shape index (κ1) is 17.6. The van der Waals surface area contributed by atoms with E-state index in [1.54, 1.807) is 5.51 Å². The lowest BCUT2D eigenvalue weighted by atomic mass is 10.1. The van der Waals surface area contributed by atoms with Gasteiger partial charge in [-0.05, 0) is 63.0 Å². The van der Waals surface area contributed by atoms with E-state index in [4.69, 9.17) is 10.00 Å². The number of fused-ring (bicyclic) bond motifs is 1. The van der Waals surface area contributed by atoms with Crippen LogP contribution in [0.4, 0.5) is 5.95 Å². The largest absolute Gasteiger partial charge is 0.436 e. The van der Waals surface area contributed by atoms with E-state index in [1.165, 1.54) is 11.3 Å². The fourth-order valence-electron chi connectivity index (χ4n) is 3.29. The Kier molecular flexibility index (Phi) is 4.88. The minimum absolute atomic E-state index is 0.350. The number of nitrogens with one attached hydrogen (secondary N) is 2. The summed E-state index contributed by atoms with van der Waals surface area (Å²) in [5.41, 5.74) is 4.80. The first-order valence-electron chi connectivity index (χ1n) is 8.91. The number of nitrogens with zero attached hydrogens (tertiary/aromatic N) is 4. The fourth-order valence-corrected chi connectivity index (χ4v) is 3.94. The van der Waals surface area contributed by atoms with Gasteiger partial charge in [-0.1, -0.05) is 0 Å². The maximum absolute atomic E-state index is 9.14. The standard InChI is InChI=1S/C19H20N6OS/c1-11-7-13(9-20)8-12(2)16(11)26-17-15-18(27-10-22-15)25-19(24-17)23-14-3-5-21-6-4-14/h7-8,10,14,21H,3-6H2,1-2H3,(H,23,24,25). The highest BCUT2D eigenvalue weighted by Gasteiger charge is 2.18. The van der Waals surface area contributed by atoms with Gasteiger partial charge < -0.3 is 15.4 Å². The molecule has 0 radical (unpaired) electrons. The lowest BCUT2D eigenvalue weighted by Crippen LogP contribution is -2.35. The number of anilines is 1. The Morgan fingerprint density at radius 3 is 2.67 bits per heavy atom. The van der Waals surface area contributed by atoms with Gasteiger partial charge in [0.2, 0.25) is 5.95 Å². The second kappa shape index (κ2) is 7.47. The molecule has 2 N–H and O–H groups in total. The summed E-state index contributed by atoms with van der Waals surface area (Å²) in [4.78, 5) is 14.4. The lowest BCUT2D eigenvalue weighted by Gasteiger charge is -2.23. The quantitative estimate of drug-likeness (QED) is 0.715. The van der Waals surface area contributed by atoms with Crippen molar-refractivity contribution in [2.45, 2.75) is 32.7 Å². The number of aryl methyl sites for hydroxylation is 2. The minimum Gasteiger partial charge on any atom is -0.436 e. The summed E-state index contributed by atoms with van der Waals surface area (Å²) in [6.45, 7) is 5.84. The van der Waals surface area contributed by atoms with Crippen LogP contribution in [-0.4, -0.2) is 34.1 Å². The van der Waals surface area contributed by atoms with E-state index in [1.807, 2.05) is 26.0 Å². The molecule has 1 saturated heterocycles. The molecule has 27 heavy (non-hydrogen) atoms. The summed E-state index contributed by atoms with van der Waals surface area (Å²) >= 11 is 1.47. The van der Waals surface area contributed by atoms with Crippen molar-refractivity contribution >= 4 is 27.6 Å². The van der Waals surface area contributed by atoms with Crippen LogP contribution in [0.3, 0.4) is 0 Å². The Labute approximate surface area is 161 Å². The number of aromatic nitrogens is 3. The highest BCUT2D eigenvalue weighted by atomic mass is 32.1. The number of thiazole rings is 1. The van der Waals surface area contributed by atoms with Gasteiger partial charge >= 0.3 is 0 Å². The van der Waals surface area contributed by atoms with Crippen molar-refractivity contribution in [1.82, 2.24) is 20.3 Å². The van der Waals surface area contributed by atoms with E-state index in [-0.39, 0.29) is 0 Å². The molecule has 0 unspecified atom stereocenters. The summed E-state index contributed by atoms with van der Waals surface area (Å²) in [6, 6.07) is 6.15. The van der Waals surface area contributed by atoms with Crippen LogP contribution >= 0.6 is 11.3 Å². The molecule has 1 aliphatic rings. The van der Waals surface area contributed by atoms with Crippen LogP contribution in [0.2, 0.25) is 0 Å². The van der Waals surface area contributed by atoms with Gasteiger partial charge in [0.05, 0.1) is 17.1 Å². The van der Waals surface area contributed by atoms with Crippen molar-refractivity contribution in [2.24, 2.45) is 0 Å². The maximum Gasteiger partial charge on any atom is 0.252 e. The molecule has 0 aliphatic carbocycles. The zero-order chi connectivity index (χ0) is 18.8. The van der Waals surface area contributed by atoms with Gasteiger partial charge in [-0.15, -0.1) is 11.3 Å². The Morgan fingerprint density at radius 2 is 1.96 bits per heavy atom. The maximum atomic E-state index is 9.14. The zero-order valence-corrected chi connectivity index (χ0v) is 16.1. The smallest absolute Gasteiger partial charge is 0.252 e. The van der Waals surface area contributed by atoms with Crippen molar-refractivity contribution in [2.75, 3.05) is 18.4 Å². The Balaban J connectivity index is 1.69. The molecule has 0 amide bonds. The number of benzene rings is 1. The summed E-state index contributed by atoms with van der Waals surface area (Å²) in [5.74, 6) is 1.71. The van der Waals surface area contributed by atoms with Crippen molar-refractivity contribution in [3.63, 3.8) is 0 Å². The number of rotatable bonds is 4. The highest BCUT2D eigenvalue weighted by Crippen LogP contribution is 2.33. The van der Waals surface area contributed by atoms with Crippen LogP contribution < -0.4 is 15.4 Å². The molecule has 8 heteroatoms. The van der Waals surface area contributed by atoms with E-state index >= 15 is 0 Å². The summed E-state index contributed by atoms with van der Waals surface area (Å²) in [6.07, 6.45) is 2.07. The van der Waals surface area contributed by atoms with Crippen molar-refractivity contribution in [3.8, 4) is 17.7 Å². The first-order valence-corrected chi connectivity index (χ1v) is 9.79. The molecule has 3 aromatic rings. The van der Waals surface area contributed by atoms with E-state index < -0.39 is 0 Å². The average Bonchev–Trinajstić information content (AvgIpc) is 3.14. The van der Waals surface area contributed by atoms with Crippen LogP contribution in [-0.2, 0) is 0 Å². The normalized spacial score (nSPS) is 14.9. The molecule has 3 heterocycles. The molecule has 4 rings (SSSR count). The number of piperidine rings is 1. The molecular weight excluding hydrogens is 360 g/mol. The fraction of sp³-hybridized carbons (Fsp3) is 0.368. The zero-order valence-electron chi connectivity index (χ0n) is 15.2. The Bertz CT molecular complexity index is 996. The SMILES string of the molecule is Cc1cc(C#N)cc(C)c1Oc1nc(NC2CCNCC2)nc2scnc12. The molecular formula is C19H20N6OS. The average molecular weight is 380 g/mol. The third kappa shape index (κ3) is 3.70. The predicted octanol–water partition coefficient (Wildman–Crippen LogP) is 3.53. The Hall–Kier alpha value is -2.76. The van der Waals surface area contributed by atoms with Crippen LogP contribution in [0, 0.1) is 25.2 Å². The monoisotopic (exact) mass is 380 g/mol. The van der Waals surface area contributed by atoms with E-state index in [2.05, 4.69) is 31.7 Å². The number of hydrogen-bond acceptors (Lipinski definition) is 8.